The molecule has 1 saturated heterocycles. The first-order valence-corrected chi connectivity index (χ1v) is 5.43. The van der Waals surface area contributed by atoms with Crippen molar-refractivity contribution in [2.75, 3.05) is 26.2 Å². The summed E-state index contributed by atoms with van der Waals surface area (Å²) in [6, 6.07) is 0.328. The Bertz CT molecular complexity index is 185. The van der Waals surface area contributed by atoms with Crippen molar-refractivity contribution in [1.82, 2.24) is 10.2 Å². The highest BCUT2D eigenvalue weighted by Crippen LogP contribution is 2.17. The maximum Gasteiger partial charge on any atom is 0.410 e. The van der Waals surface area contributed by atoms with E-state index in [1.165, 1.54) is 0 Å². The van der Waals surface area contributed by atoms with E-state index in [0.29, 0.717) is 12.6 Å². The number of ether oxygens (including phenoxy) is 1. The van der Waals surface area contributed by atoms with E-state index in [2.05, 4.69) is 12.2 Å². The van der Waals surface area contributed by atoms with Gasteiger partial charge in [-0.2, -0.15) is 0 Å². The summed E-state index contributed by atoms with van der Waals surface area (Å²) in [5, 5.41) is 3.27. The van der Waals surface area contributed by atoms with Crippen molar-refractivity contribution in [1.29, 1.82) is 0 Å². The third kappa shape index (κ3) is 2.87. The zero-order valence-electron chi connectivity index (χ0n) is 9.08. The van der Waals surface area contributed by atoms with Gasteiger partial charge in [-0.3, -0.25) is 0 Å². The predicted molar refractivity (Wildman–Crippen MR) is 55.3 cm³/mol. The van der Waals surface area contributed by atoms with Gasteiger partial charge in [0.05, 0.1) is 6.61 Å². The third-order valence-electron chi connectivity index (χ3n) is 2.51. The highest BCUT2D eigenvalue weighted by Gasteiger charge is 2.28. The molecule has 1 rings (SSSR count). The van der Waals surface area contributed by atoms with Gasteiger partial charge < -0.3 is 15.0 Å². The number of rotatable bonds is 4. The molecule has 1 heterocycles. The Labute approximate surface area is 85.6 Å². The van der Waals surface area contributed by atoms with Crippen LogP contribution in [-0.2, 0) is 4.74 Å². The van der Waals surface area contributed by atoms with Crippen molar-refractivity contribution < 1.29 is 9.53 Å². The Kier molecular flexibility index (Phi) is 4.73. The maximum absolute atomic E-state index is 11.5. The third-order valence-corrected chi connectivity index (χ3v) is 2.51. The van der Waals surface area contributed by atoms with Crippen molar-refractivity contribution in [3.8, 4) is 0 Å². The van der Waals surface area contributed by atoms with Crippen LogP contribution in [0.5, 0.6) is 0 Å². The largest absolute Gasteiger partial charge is 0.450 e. The summed E-state index contributed by atoms with van der Waals surface area (Å²) in [5.41, 5.74) is 0. The minimum Gasteiger partial charge on any atom is -0.450 e. The molecule has 4 nitrogen and oxygen atoms in total. The van der Waals surface area contributed by atoms with Crippen LogP contribution in [0.25, 0.3) is 0 Å². The second kappa shape index (κ2) is 5.86. The lowest BCUT2D eigenvalue weighted by Crippen LogP contribution is -2.41. The number of hydrogen-bond donors (Lipinski definition) is 1. The normalized spacial score (nSPS) is 21.3. The number of hydrogen-bond acceptors (Lipinski definition) is 3. The van der Waals surface area contributed by atoms with Crippen LogP contribution in [0.2, 0.25) is 0 Å². The molecule has 0 saturated carbocycles. The quantitative estimate of drug-likeness (QED) is 0.742. The molecule has 0 aliphatic carbocycles. The molecule has 1 atom stereocenters. The summed E-state index contributed by atoms with van der Waals surface area (Å²) in [7, 11) is 0. The molecule has 1 amide bonds. The Balaban J connectivity index is 2.38. The Hall–Kier alpha value is -0.770. The van der Waals surface area contributed by atoms with Crippen LogP contribution < -0.4 is 5.32 Å². The van der Waals surface area contributed by atoms with Gasteiger partial charge in [-0.25, -0.2) is 4.79 Å². The fraction of sp³-hybridized carbons (Fsp3) is 0.900. The summed E-state index contributed by atoms with van der Waals surface area (Å²) in [6.07, 6.45) is 2.02. The number of nitrogens with zero attached hydrogens (tertiary/aromatic N) is 1. The van der Waals surface area contributed by atoms with Crippen LogP contribution in [0.15, 0.2) is 0 Å². The van der Waals surface area contributed by atoms with E-state index in [9.17, 15) is 4.79 Å². The Morgan fingerprint density at radius 2 is 2.36 bits per heavy atom. The van der Waals surface area contributed by atoms with Crippen molar-refractivity contribution in [2.24, 2.45) is 0 Å². The van der Waals surface area contributed by atoms with Gasteiger partial charge in [0.2, 0.25) is 0 Å². The van der Waals surface area contributed by atoms with Crippen molar-refractivity contribution in [2.45, 2.75) is 32.7 Å². The Morgan fingerprint density at radius 1 is 1.57 bits per heavy atom. The molecular formula is C10H20N2O2. The second-order valence-electron chi connectivity index (χ2n) is 3.50. The molecule has 0 bridgehead atoms. The van der Waals surface area contributed by atoms with Crippen LogP contribution in [0.1, 0.15) is 26.7 Å². The molecule has 4 heteroatoms. The van der Waals surface area contributed by atoms with Crippen LogP contribution in [0.4, 0.5) is 4.79 Å². The number of nitrogens with one attached hydrogen (secondary N) is 1. The van der Waals surface area contributed by atoms with Crippen LogP contribution in [0, 0.1) is 0 Å². The van der Waals surface area contributed by atoms with Gasteiger partial charge in [-0.05, 0) is 26.3 Å². The van der Waals surface area contributed by atoms with Crippen molar-refractivity contribution in [3.05, 3.63) is 0 Å². The average Bonchev–Trinajstić information content (AvgIpc) is 2.63. The monoisotopic (exact) mass is 200 g/mol. The number of likely N-dealkylation sites (N-methyl/N-ethyl adjacent to an activating group) is 1. The summed E-state index contributed by atoms with van der Waals surface area (Å²) < 4.78 is 5.00. The van der Waals surface area contributed by atoms with Crippen LogP contribution >= 0.6 is 0 Å². The minimum absolute atomic E-state index is 0.159. The molecule has 0 aromatic heterocycles. The fourth-order valence-electron chi connectivity index (χ4n) is 1.81. The molecular weight excluding hydrogens is 180 g/mol. The number of amides is 1. The van der Waals surface area contributed by atoms with E-state index in [1.807, 2.05) is 11.8 Å². The molecule has 1 aliphatic rings. The van der Waals surface area contributed by atoms with Gasteiger partial charge in [0.25, 0.3) is 0 Å². The molecule has 0 unspecified atom stereocenters. The lowest BCUT2D eigenvalue weighted by Gasteiger charge is -2.23. The van der Waals surface area contributed by atoms with Crippen molar-refractivity contribution >= 4 is 6.09 Å². The van der Waals surface area contributed by atoms with Crippen molar-refractivity contribution in [3.63, 3.8) is 0 Å². The first-order chi connectivity index (χ1) is 6.79. The summed E-state index contributed by atoms with van der Waals surface area (Å²) in [6.45, 7) is 7.05. The van der Waals surface area contributed by atoms with E-state index >= 15 is 0 Å². The van der Waals surface area contributed by atoms with E-state index in [-0.39, 0.29) is 6.09 Å². The van der Waals surface area contributed by atoms with E-state index in [4.69, 9.17) is 4.74 Å². The van der Waals surface area contributed by atoms with Crippen LogP contribution in [0.3, 0.4) is 0 Å². The molecule has 1 fully saturated rings. The molecule has 1 N–H and O–H groups in total. The zero-order chi connectivity index (χ0) is 10.4. The first kappa shape index (κ1) is 11.3. The molecule has 1 aliphatic heterocycles. The van der Waals surface area contributed by atoms with E-state index in [0.717, 1.165) is 32.5 Å². The molecule has 82 valence electrons. The predicted octanol–water partition coefficient (Wildman–Crippen LogP) is 1.22. The highest BCUT2D eigenvalue weighted by molar-refractivity contribution is 5.68. The topological polar surface area (TPSA) is 41.6 Å². The fourth-order valence-corrected chi connectivity index (χ4v) is 1.81. The molecule has 14 heavy (non-hydrogen) atoms. The molecule has 0 radical (unpaired) electrons. The van der Waals surface area contributed by atoms with Gasteiger partial charge >= 0.3 is 6.09 Å². The van der Waals surface area contributed by atoms with Gasteiger partial charge in [0.1, 0.15) is 0 Å². The maximum atomic E-state index is 11.5. The van der Waals surface area contributed by atoms with Gasteiger partial charge in [0.15, 0.2) is 0 Å². The lowest BCUT2D eigenvalue weighted by molar-refractivity contribution is 0.103. The Morgan fingerprint density at radius 3 is 3.00 bits per heavy atom. The number of likely N-dealkylation sites (tertiary alicyclic amines) is 1. The molecule has 0 aromatic carbocycles. The summed E-state index contributed by atoms with van der Waals surface area (Å²) in [5.74, 6) is 0. The zero-order valence-corrected chi connectivity index (χ0v) is 9.08. The average molecular weight is 200 g/mol. The lowest BCUT2D eigenvalue weighted by atomic mass is 10.2. The van der Waals surface area contributed by atoms with Gasteiger partial charge in [-0.15, -0.1) is 0 Å². The number of carbonyl (C=O) groups excluding carboxylic acids is 1. The van der Waals surface area contributed by atoms with Crippen LogP contribution in [-0.4, -0.2) is 43.3 Å². The second-order valence-corrected chi connectivity index (χ2v) is 3.50. The summed E-state index contributed by atoms with van der Waals surface area (Å²) in [4.78, 5) is 13.3. The summed E-state index contributed by atoms with van der Waals surface area (Å²) >= 11 is 0. The number of carbonyl (C=O) groups is 1. The SMILES string of the molecule is CCNC[C@H]1CCCN1C(=O)OCC. The van der Waals surface area contributed by atoms with Gasteiger partial charge in [0, 0.05) is 19.1 Å². The molecule has 0 spiro atoms. The first-order valence-electron chi connectivity index (χ1n) is 5.43. The molecule has 0 aromatic rings. The highest BCUT2D eigenvalue weighted by atomic mass is 16.6. The van der Waals surface area contributed by atoms with E-state index < -0.39 is 0 Å². The minimum atomic E-state index is -0.159. The standard InChI is InChI=1S/C10H20N2O2/c1-3-11-8-9-6-5-7-12(9)10(13)14-4-2/h9,11H,3-8H2,1-2H3/t9-/m1/s1. The van der Waals surface area contributed by atoms with Gasteiger partial charge in [-0.1, -0.05) is 6.92 Å². The smallest absolute Gasteiger partial charge is 0.410 e. The van der Waals surface area contributed by atoms with E-state index in [1.54, 1.807) is 0 Å².